The van der Waals surface area contributed by atoms with Gasteiger partial charge in [-0.1, -0.05) is 18.2 Å². The van der Waals surface area contributed by atoms with Gasteiger partial charge in [0.2, 0.25) is 0 Å². The van der Waals surface area contributed by atoms with Crippen LogP contribution in [-0.2, 0) is 17.8 Å². The van der Waals surface area contributed by atoms with Gasteiger partial charge in [-0.15, -0.1) is 0 Å². The number of rotatable bonds is 5. The second kappa shape index (κ2) is 7.91. The van der Waals surface area contributed by atoms with Crippen molar-refractivity contribution in [1.29, 1.82) is 5.26 Å². The van der Waals surface area contributed by atoms with Gasteiger partial charge in [-0.3, -0.25) is 0 Å². The van der Waals surface area contributed by atoms with Crippen LogP contribution in [0.3, 0.4) is 0 Å². The zero-order valence-electron chi connectivity index (χ0n) is 13.9. The van der Waals surface area contributed by atoms with E-state index in [-0.39, 0.29) is 6.10 Å². The fourth-order valence-electron chi connectivity index (χ4n) is 2.78. The molecular formula is C19H22N4O. The van der Waals surface area contributed by atoms with Crippen LogP contribution in [0.25, 0.3) is 0 Å². The molecule has 0 amide bonds. The number of aromatic nitrogens is 1. The Hall–Kier alpha value is -2.42. The van der Waals surface area contributed by atoms with Gasteiger partial charge in [0.05, 0.1) is 24.3 Å². The van der Waals surface area contributed by atoms with Gasteiger partial charge in [0.1, 0.15) is 5.82 Å². The number of nitriles is 1. The highest BCUT2D eigenvalue weighted by molar-refractivity contribution is 5.40. The Labute approximate surface area is 142 Å². The largest absolute Gasteiger partial charge is 0.375 e. The fourth-order valence-corrected chi connectivity index (χ4v) is 2.78. The van der Waals surface area contributed by atoms with Gasteiger partial charge >= 0.3 is 0 Å². The minimum Gasteiger partial charge on any atom is -0.375 e. The summed E-state index contributed by atoms with van der Waals surface area (Å²) in [6.45, 7) is 6.18. The van der Waals surface area contributed by atoms with Crippen molar-refractivity contribution in [3.05, 3.63) is 59.3 Å². The van der Waals surface area contributed by atoms with Crippen molar-refractivity contribution in [2.45, 2.75) is 26.1 Å². The van der Waals surface area contributed by atoms with E-state index in [1.54, 1.807) is 0 Å². The second-order valence-electron chi connectivity index (χ2n) is 6.06. The quantitative estimate of drug-likeness (QED) is 0.916. The molecule has 1 fully saturated rings. The van der Waals surface area contributed by atoms with E-state index in [4.69, 9.17) is 10.00 Å². The van der Waals surface area contributed by atoms with E-state index in [0.717, 1.165) is 44.2 Å². The predicted octanol–water partition coefficient (Wildman–Crippen LogP) is 2.47. The van der Waals surface area contributed by atoms with Crippen molar-refractivity contribution < 1.29 is 4.74 Å². The fraction of sp³-hybridized carbons (Fsp3) is 0.368. The Morgan fingerprint density at radius 2 is 1.96 bits per heavy atom. The molecule has 1 aliphatic heterocycles. The van der Waals surface area contributed by atoms with Gasteiger partial charge < -0.3 is 15.0 Å². The molecule has 1 saturated heterocycles. The Kier molecular flexibility index (Phi) is 5.42. The summed E-state index contributed by atoms with van der Waals surface area (Å²) in [5.41, 5.74) is 3.02. The molecule has 1 atom stereocenters. The lowest BCUT2D eigenvalue weighted by Gasteiger charge is -2.32. The molecule has 5 heteroatoms. The Morgan fingerprint density at radius 1 is 1.21 bits per heavy atom. The van der Waals surface area contributed by atoms with Crippen LogP contribution in [0.5, 0.6) is 0 Å². The molecule has 0 saturated carbocycles. The second-order valence-corrected chi connectivity index (χ2v) is 6.06. The summed E-state index contributed by atoms with van der Waals surface area (Å²) in [7, 11) is 0. The average Bonchev–Trinajstić information content (AvgIpc) is 2.63. The third-order valence-electron chi connectivity index (χ3n) is 4.12. The van der Waals surface area contributed by atoms with E-state index < -0.39 is 0 Å². The van der Waals surface area contributed by atoms with Crippen LogP contribution in [0, 0.1) is 11.3 Å². The van der Waals surface area contributed by atoms with Crippen molar-refractivity contribution in [3.8, 4) is 6.07 Å². The van der Waals surface area contributed by atoms with E-state index in [1.807, 2.05) is 30.5 Å². The predicted molar refractivity (Wildman–Crippen MR) is 93.6 cm³/mol. The first kappa shape index (κ1) is 16.4. The van der Waals surface area contributed by atoms with Crippen LogP contribution in [-0.4, -0.2) is 30.8 Å². The topological polar surface area (TPSA) is 61.2 Å². The number of hydrogen-bond donors (Lipinski definition) is 1. The van der Waals surface area contributed by atoms with Crippen molar-refractivity contribution in [1.82, 2.24) is 10.3 Å². The minimum atomic E-state index is 0.259. The first-order valence-corrected chi connectivity index (χ1v) is 8.26. The number of morpholine rings is 1. The summed E-state index contributed by atoms with van der Waals surface area (Å²) in [4.78, 5) is 6.85. The molecule has 5 nitrogen and oxygen atoms in total. The summed E-state index contributed by atoms with van der Waals surface area (Å²) < 4.78 is 5.57. The van der Waals surface area contributed by atoms with Crippen molar-refractivity contribution in [2.24, 2.45) is 0 Å². The first-order chi connectivity index (χ1) is 11.7. The van der Waals surface area contributed by atoms with Gasteiger partial charge in [-0.05, 0) is 36.2 Å². The SMILES string of the molecule is C[C@H]1CN(c2ccc(CNCc3ccc(C#N)cc3)cn2)CCO1. The van der Waals surface area contributed by atoms with Crippen LogP contribution < -0.4 is 10.2 Å². The first-order valence-electron chi connectivity index (χ1n) is 8.26. The van der Waals surface area contributed by atoms with Crippen LogP contribution in [0.1, 0.15) is 23.6 Å². The van der Waals surface area contributed by atoms with Crippen LogP contribution in [0.2, 0.25) is 0 Å². The summed E-state index contributed by atoms with van der Waals surface area (Å²) in [5, 5.41) is 12.2. The maximum Gasteiger partial charge on any atom is 0.128 e. The zero-order valence-corrected chi connectivity index (χ0v) is 13.9. The monoisotopic (exact) mass is 322 g/mol. The Balaban J connectivity index is 1.50. The molecule has 124 valence electrons. The van der Waals surface area contributed by atoms with Gasteiger partial charge in [-0.25, -0.2) is 4.98 Å². The molecule has 1 aromatic heterocycles. The van der Waals surface area contributed by atoms with Crippen LogP contribution in [0.4, 0.5) is 5.82 Å². The molecular weight excluding hydrogens is 300 g/mol. The van der Waals surface area contributed by atoms with Gasteiger partial charge in [0.15, 0.2) is 0 Å². The Bertz CT molecular complexity index is 691. The van der Waals surface area contributed by atoms with E-state index >= 15 is 0 Å². The number of ether oxygens (including phenoxy) is 1. The highest BCUT2D eigenvalue weighted by Gasteiger charge is 2.17. The number of hydrogen-bond acceptors (Lipinski definition) is 5. The lowest BCUT2D eigenvalue weighted by Crippen LogP contribution is -2.41. The molecule has 1 N–H and O–H groups in total. The van der Waals surface area contributed by atoms with Gasteiger partial charge in [0.25, 0.3) is 0 Å². The summed E-state index contributed by atoms with van der Waals surface area (Å²) in [5.74, 6) is 1.01. The molecule has 1 aromatic carbocycles. The summed E-state index contributed by atoms with van der Waals surface area (Å²) in [6, 6.07) is 14.0. The van der Waals surface area contributed by atoms with E-state index in [2.05, 4.69) is 40.3 Å². The molecule has 0 aliphatic carbocycles. The summed E-state index contributed by atoms with van der Waals surface area (Å²) >= 11 is 0. The van der Waals surface area contributed by atoms with E-state index in [1.165, 1.54) is 5.56 Å². The van der Waals surface area contributed by atoms with Gasteiger partial charge in [-0.2, -0.15) is 5.26 Å². The third kappa shape index (κ3) is 4.31. The van der Waals surface area contributed by atoms with Crippen LogP contribution >= 0.6 is 0 Å². The van der Waals surface area contributed by atoms with Crippen molar-refractivity contribution in [3.63, 3.8) is 0 Å². The molecule has 0 unspecified atom stereocenters. The number of anilines is 1. The van der Waals surface area contributed by atoms with Crippen molar-refractivity contribution >= 4 is 5.82 Å². The highest BCUT2D eigenvalue weighted by atomic mass is 16.5. The third-order valence-corrected chi connectivity index (χ3v) is 4.12. The molecule has 0 bridgehead atoms. The lowest BCUT2D eigenvalue weighted by atomic mass is 10.1. The number of pyridine rings is 1. The summed E-state index contributed by atoms with van der Waals surface area (Å²) in [6.07, 6.45) is 2.19. The normalized spacial score (nSPS) is 17.5. The van der Waals surface area contributed by atoms with E-state index in [9.17, 15) is 0 Å². The van der Waals surface area contributed by atoms with Crippen LogP contribution in [0.15, 0.2) is 42.6 Å². The molecule has 2 aromatic rings. The van der Waals surface area contributed by atoms with Crippen molar-refractivity contribution in [2.75, 3.05) is 24.6 Å². The average molecular weight is 322 g/mol. The molecule has 1 aliphatic rings. The maximum absolute atomic E-state index is 8.80. The lowest BCUT2D eigenvalue weighted by molar-refractivity contribution is 0.0529. The molecule has 0 radical (unpaired) electrons. The Morgan fingerprint density at radius 3 is 2.62 bits per heavy atom. The maximum atomic E-state index is 8.80. The minimum absolute atomic E-state index is 0.259. The smallest absolute Gasteiger partial charge is 0.128 e. The number of benzene rings is 1. The molecule has 24 heavy (non-hydrogen) atoms. The molecule has 2 heterocycles. The van der Waals surface area contributed by atoms with E-state index in [0.29, 0.717) is 5.56 Å². The number of nitrogens with zero attached hydrogens (tertiary/aromatic N) is 3. The zero-order chi connectivity index (χ0) is 16.8. The standard InChI is InChI=1S/C19H22N4O/c1-15-14-23(8-9-24-15)19-7-6-18(13-22-19)12-21-11-17-4-2-16(10-20)3-5-17/h2-7,13,15,21H,8-9,11-12,14H2,1H3/t15-/m0/s1. The van der Waals surface area contributed by atoms with Gasteiger partial charge in [0, 0.05) is 32.4 Å². The number of nitrogens with one attached hydrogen (secondary N) is 1. The molecule has 3 rings (SSSR count). The highest BCUT2D eigenvalue weighted by Crippen LogP contribution is 2.15. The molecule has 0 spiro atoms.